The Hall–Kier alpha value is -3.15. The molecule has 5 atom stereocenters. The van der Waals surface area contributed by atoms with Gasteiger partial charge in [0, 0.05) is 30.0 Å². The summed E-state index contributed by atoms with van der Waals surface area (Å²) in [5, 5.41) is 2.83. The van der Waals surface area contributed by atoms with Crippen LogP contribution in [0.2, 0.25) is 0 Å². The lowest BCUT2D eigenvalue weighted by molar-refractivity contribution is -0.143. The molecule has 1 N–H and O–H groups in total. The van der Waals surface area contributed by atoms with Gasteiger partial charge in [0.25, 0.3) is 5.91 Å². The second kappa shape index (κ2) is 8.90. The minimum Gasteiger partial charge on any atom is -0.343 e. The van der Waals surface area contributed by atoms with E-state index in [0.29, 0.717) is 5.56 Å². The van der Waals surface area contributed by atoms with Gasteiger partial charge in [0.1, 0.15) is 0 Å². The zero-order valence-corrected chi connectivity index (χ0v) is 19.9. The van der Waals surface area contributed by atoms with Crippen molar-refractivity contribution in [1.82, 2.24) is 15.1 Å². The van der Waals surface area contributed by atoms with Crippen LogP contribution in [0.4, 0.5) is 0 Å². The maximum Gasteiger partial charge on any atom is 0.251 e. The van der Waals surface area contributed by atoms with E-state index in [1.807, 2.05) is 41.3 Å². The predicted octanol–water partition coefficient (Wildman–Crippen LogP) is 3.42. The fourth-order valence-electron chi connectivity index (χ4n) is 6.93. The van der Waals surface area contributed by atoms with E-state index in [-0.39, 0.29) is 53.8 Å². The van der Waals surface area contributed by atoms with E-state index in [2.05, 4.69) is 29.3 Å². The summed E-state index contributed by atoms with van der Waals surface area (Å²) in [7, 11) is 0. The van der Waals surface area contributed by atoms with Crippen LogP contribution in [0.1, 0.15) is 55.5 Å². The number of nitrogens with zero attached hydrogens (tertiary/aromatic N) is 2. The van der Waals surface area contributed by atoms with Crippen molar-refractivity contribution in [2.24, 2.45) is 5.41 Å². The van der Waals surface area contributed by atoms with E-state index >= 15 is 0 Å². The number of likely N-dealkylation sites (tertiary alicyclic amines) is 2. The van der Waals surface area contributed by atoms with Crippen molar-refractivity contribution in [3.8, 4) is 0 Å². The fourth-order valence-corrected chi connectivity index (χ4v) is 6.93. The standard InChI is InChI=1S/C28H33N3O3/c1-19(32)30-22(16-20-10-5-3-6-11-20)23-17-28(2)24(30)14-9-15-25(28)31(23)26(33)18-29-27(34)21-12-7-4-8-13-21/h3-8,10-13,22-25H,9,14-18H2,1-2H3,(H,29,34)/t22-,23+,24-,25+,28-/m1/s1. The van der Waals surface area contributed by atoms with E-state index in [1.54, 1.807) is 19.1 Å². The Morgan fingerprint density at radius 2 is 1.56 bits per heavy atom. The first-order valence-corrected chi connectivity index (χ1v) is 12.4. The number of carbonyl (C=O) groups is 3. The van der Waals surface area contributed by atoms with Crippen LogP contribution < -0.4 is 5.32 Å². The van der Waals surface area contributed by atoms with Crippen molar-refractivity contribution in [2.45, 2.75) is 70.1 Å². The van der Waals surface area contributed by atoms with Gasteiger partial charge in [0.15, 0.2) is 0 Å². The minimum atomic E-state index is -0.241. The van der Waals surface area contributed by atoms with Crippen LogP contribution in [0, 0.1) is 5.41 Å². The first-order chi connectivity index (χ1) is 16.4. The number of hydrogen-bond acceptors (Lipinski definition) is 3. The van der Waals surface area contributed by atoms with Gasteiger partial charge in [-0.1, -0.05) is 55.5 Å². The number of fused-ring (bicyclic) bond motifs is 1. The second-order valence-corrected chi connectivity index (χ2v) is 10.3. The summed E-state index contributed by atoms with van der Waals surface area (Å²) in [5.74, 6) is -0.198. The molecule has 0 radical (unpaired) electrons. The van der Waals surface area contributed by atoms with Crippen molar-refractivity contribution in [3.63, 3.8) is 0 Å². The van der Waals surface area contributed by atoms with Gasteiger partial charge in [-0.25, -0.2) is 0 Å². The fraction of sp³-hybridized carbons (Fsp3) is 0.464. The molecule has 6 heteroatoms. The van der Waals surface area contributed by atoms with Gasteiger partial charge in [-0.3, -0.25) is 14.4 Å². The van der Waals surface area contributed by atoms with E-state index in [0.717, 1.165) is 32.1 Å². The van der Waals surface area contributed by atoms with Crippen molar-refractivity contribution in [1.29, 1.82) is 0 Å². The molecule has 2 heterocycles. The predicted molar refractivity (Wildman–Crippen MR) is 130 cm³/mol. The molecule has 2 saturated heterocycles. The Kier molecular flexibility index (Phi) is 5.92. The van der Waals surface area contributed by atoms with Crippen LogP contribution in [-0.4, -0.2) is 58.2 Å². The Morgan fingerprint density at radius 3 is 2.21 bits per heavy atom. The highest BCUT2D eigenvalue weighted by atomic mass is 16.2. The number of benzene rings is 2. The molecule has 1 aliphatic carbocycles. The van der Waals surface area contributed by atoms with Crippen LogP contribution >= 0.6 is 0 Å². The smallest absolute Gasteiger partial charge is 0.251 e. The summed E-state index contributed by atoms with van der Waals surface area (Å²) in [5.41, 5.74) is 1.61. The zero-order valence-electron chi connectivity index (χ0n) is 19.9. The summed E-state index contributed by atoms with van der Waals surface area (Å²) in [6.45, 7) is 3.90. The van der Waals surface area contributed by atoms with E-state index in [1.165, 1.54) is 5.56 Å². The van der Waals surface area contributed by atoms with E-state index in [9.17, 15) is 14.4 Å². The molecule has 3 amide bonds. The molecule has 2 aromatic rings. The lowest BCUT2D eigenvalue weighted by atomic mass is 9.64. The highest BCUT2D eigenvalue weighted by Crippen LogP contribution is 2.56. The molecular formula is C28H33N3O3. The Bertz CT molecular complexity index is 1070. The average molecular weight is 460 g/mol. The SMILES string of the molecule is CC(=O)N1[C@H](Cc2ccccc2)[C@@H]2C[C@@]3(C)[C@H](CCC[C@@H]13)N2C(=O)CNC(=O)c1ccccc1. The van der Waals surface area contributed by atoms with Gasteiger partial charge in [0.05, 0.1) is 18.6 Å². The van der Waals surface area contributed by atoms with Crippen LogP contribution in [0.3, 0.4) is 0 Å². The van der Waals surface area contributed by atoms with Crippen LogP contribution in [0.25, 0.3) is 0 Å². The second-order valence-electron chi connectivity index (χ2n) is 10.3. The molecule has 0 spiro atoms. The summed E-state index contributed by atoms with van der Waals surface area (Å²) in [6, 6.07) is 19.4. The molecule has 3 aliphatic rings. The molecule has 2 bridgehead atoms. The van der Waals surface area contributed by atoms with Gasteiger partial charge >= 0.3 is 0 Å². The minimum absolute atomic E-state index is 0.0282. The van der Waals surface area contributed by atoms with Crippen LogP contribution in [0.15, 0.2) is 60.7 Å². The molecule has 0 aromatic heterocycles. The summed E-state index contributed by atoms with van der Waals surface area (Å²) >= 11 is 0. The van der Waals surface area contributed by atoms with Crippen molar-refractivity contribution < 1.29 is 14.4 Å². The van der Waals surface area contributed by atoms with Gasteiger partial charge in [-0.2, -0.15) is 0 Å². The van der Waals surface area contributed by atoms with Gasteiger partial charge in [-0.15, -0.1) is 0 Å². The lowest BCUT2D eigenvalue weighted by Crippen LogP contribution is -2.62. The number of carbonyl (C=O) groups excluding carboxylic acids is 3. The number of nitrogens with one attached hydrogen (secondary N) is 1. The van der Waals surface area contributed by atoms with E-state index in [4.69, 9.17) is 0 Å². The number of rotatable bonds is 5. The van der Waals surface area contributed by atoms with Gasteiger partial charge in [-0.05, 0) is 49.8 Å². The highest BCUT2D eigenvalue weighted by molar-refractivity contribution is 5.96. The number of amides is 3. The maximum absolute atomic E-state index is 13.6. The largest absolute Gasteiger partial charge is 0.343 e. The molecule has 6 nitrogen and oxygen atoms in total. The summed E-state index contributed by atoms with van der Waals surface area (Å²) in [4.78, 5) is 43.4. The summed E-state index contributed by atoms with van der Waals surface area (Å²) in [6.07, 6.45) is 4.56. The van der Waals surface area contributed by atoms with Crippen molar-refractivity contribution >= 4 is 17.7 Å². The zero-order chi connectivity index (χ0) is 23.9. The van der Waals surface area contributed by atoms with Crippen LogP contribution in [-0.2, 0) is 16.0 Å². The highest BCUT2D eigenvalue weighted by Gasteiger charge is 2.64. The molecule has 1 saturated carbocycles. The Labute approximate surface area is 201 Å². The monoisotopic (exact) mass is 459 g/mol. The molecule has 0 unspecified atom stereocenters. The molecule has 5 rings (SSSR count). The average Bonchev–Trinajstić information content (AvgIpc) is 3.16. The van der Waals surface area contributed by atoms with Crippen molar-refractivity contribution in [3.05, 3.63) is 71.8 Å². The Morgan fingerprint density at radius 1 is 0.941 bits per heavy atom. The van der Waals surface area contributed by atoms with Crippen molar-refractivity contribution in [2.75, 3.05) is 6.54 Å². The third kappa shape index (κ3) is 3.79. The maximum atomic E-state index is 13.6. The summed E-state index contributed by atoms with van der Waals surface area (Å²) < 4.78 is 0. The van der Waals surface area contributed by atoms with Gasteiger partial charge < -0.3 is 15.1 Å². The molecule has 178 valence electrons. The van der Waals surface area contributed by atoms with Gasteiger partial charge in [0.2, 0.25) is 11.8 Å². The quantitative estimate of drug-likeness (QED) is 0.745. The topological polar surface area (TPSA) is 69.7 Å². The normalized spacial score (nSPS) is 29.6. The van der Waals surface area contributed by atoms with Crippen LogP contribution in [0.5, 0.6) is 0 Å². The third-order valence-corrected chi connectivity index (χ3v) is 8.33. The first kappa shape index (κ1) is 22.6. The number of piperidine rings is 1. The lowest BCUT2D eigenvalue weighted by Gasteiger charge is -2.52. The Balaban J connectivity index is 1.43. The molecular weight excluding hydrogens is 426 g/mol. The molecule has 3 fully saturated rings. The molecule has 2 aliphatic heterocycles. The van der Waals surface area contributed by atoms with E-state index < -0.39 is 0 Å². The first-order valence-electron chi connectivity index (χ1n) is 12.4. The number of hydrogen-bond donors (Lipinski definition) is 1. The molecule has 34 heavy (non-hydrogen) atoms. The molecule has 2 aromatic carbocycles. The third-order valence-electron chi connectivity index (χ3n) is 8.33.